The highest BCUT2D eigenvalue weighted by Crippen LogP contribution is 2.33. The Morgan fingerprint density at radius 2 is 1.92 bits per heavy atom. The number of benzene rings is 1. The summed E-state index contributed by atoms with van der Waals surface area (Å²) in [6.07, 6.45) is 6.06. The quantitative estimate of drug-likeness (QED) is 0.834. The van der Waals surface area contributed by atoms with E-state index in [-0.39, 0.29) is 18.9 Å². The summed E-state index contributed by atoms with van der Waals surface area (Å²) in [5.74, 6) is 0.860. The second-order valence-electron chi connectivity index (χ2n) is 7.95. The summed E-state index contributed by atoms with van der Waals surface area (Å²) in [5, 5.41) is 2.93. The van der Waals surface area contributed by atoms with Gasteiger partial charge in [-0.3, -0.25) is 9.59 Å². The minimum absolute atomic E-state index is 0.110. The number of hydrogen-bond donors (Lipinski definition) is 2. The van der Waals surface area contributed by atoms with E-state index >= 15 is 0 Å². The van der Waals surface area contributed by atoms with E-state index in [1.807, 2.05) is 42.7 Å². The number of imidazole rings is 1. The van der Waals surface area contributed by atoms with Gasteiger partial charge in [0, 0.05) is 17.9 Å². The molecule has 1 aromatic heterocycles. The van der Waals surface area contributed by atoms with Gasteiger partial charge in [0.1, 0.15) is 12.4 Å². The Morgan fingerprint density at radius 3 is 2.62 bits per heavy atom. The van der Waals surface area contributed by atoms with E-state index in [9.17, 15) is 9.59 Å². The van der Waals surface area contributed by atoms with Gasteiger partial charge in [-0.05, 0) is 38.8 Å². The molecule has 0 saturated heterocycles. The Kier molecular flexibility index (Phi) is 5.30. The van der Waals surface area contributed by atoms with E-state index in [2.05, 4.69) is 5.32 Å². The van der Waals surface area contributed by atoms with Crippen LogP contribution in [0.1, 0.15) is 64.1 Å². The standard InChI is InChI=1S/C20H28N4O2/c1-20(2,12-17(21)25)23-18(26)13-24-16-11-7-6-10-15(16)22-19(24)14-8-4-3-5-9-14/h6-7,10-11,14H,3-5,8-9,12-13H2,1-2H3,(H2,21,25)(H,23,26). The number of nitrogens with two attached hydrogens (primary N) is 1. The lowest BCUT2D eigenvalue weighted by Crippen LogP contribution is -2.47. The summed E-state index contributed by atoms with van der Waals surface area (Å²) in [6.45, 7) is 3.82. The van der Waals surface area contributed by atoms with Crippen LogP contribution in [0.2, 0.25) is 0 Å². The van der Waals surface area contributed by atoms with Crippen molar-refractivity contribution in [3.63, 3.8) is 0 Å². The molecule has 0 aliphatic heterocycles. The lowest BCUT2D eigenvalue weighted by molar-refractivity contribution is -0.124. The first-order valence-corrected chi connectivity index (χ1v) is 9.40. The number of fused-ring (bicyclic) bond motifs is 1. The van der Waals surface area contributed by atoms with Crippen LogP contribution >= 0.6 is 0 Å². The van der Waals surface area contributed by atoms with Crippen LogP contribution in [0.5, 0.6) is 0 Å². The number of para-hydroxylation sites is 2. The topological polar surface area (TPSA) is 90.0 Å². The minimum atomic E-state index is -0.662. The number of rotatable bonds is 6. The van der Waals surface area contributed by atoms with Gasteiger partial charge in [0.25, 0.3) is 0 Å². The maximum Gasteiger partial charge on any atom is 0.240 e. The van der Waals surface area contributed by atoms with Crippen LogP contribution in [0.3, 0.4) is 0 Å². The van der Waals surface area contributed by atoms with Crippen molar-refractivity contribution in [3.05, 3.63) is 30.1 Å². The third kappa shape index (κ3) is 4.23. The summed E-state index contributed by atoms with van der Waals surface area (Å²) in [5.41, 5.74) is 6.53. The summed E-state index contributed by atoms with van der Waals surface area (Å²) in [6, 6.07) is 7.95. The van der Waals surface area contributed by atoms with Crippen LogP contribution in [0.15, 0.2) is 24.3 Å². The largest absolute Gasteiger partial charge is 0.370 e. The molecule has 6 nitrogen and oxygen atoms in total. The number of carbonyl (C=O) groups excluding carboxylic acids is 2. The molecule has 0 spiro atoms. The molecule has 6 heteroatoms. The molecule has 1 fully saturated rings. The summed E-state index contributed by atoms with van der Waals surface area (Å²) >= 11 is 0. The molecular formula is C20H28N4O2. The molecule has 26 heavy (non-hydrogen) atoms. The van der Waals surface area contributed by atoms with Crippen molar-refractivity contribution >= 4 is 22.8 Å². The molecule has 3 rings (SSSR count). The fourth-order valence-corrected chi connectivity index (χ4v) is 3.97. The predicted octanol–water partition coefficient (Wildman–Crippen LogP) is 2.85. The van der Waals surface area contributed by atoms with Crippen molar-refractivity contribution in [2.24, 2.45) is 5.73 Å². The van der Waals surface area contributed by atoms with E-state index < -0.39 is 11.4 Å². The molecule has 1 saturated carbocycles. The van der Waals surface area contributed by atoms with Gasteiger partial charge in [-0.25, -0.2) is 4.98 Å². The number of nitrogens with one attached hydrogen (secondary N) is 1. The highest BCUT2D eigenvalue weighted by Gasteiger charge is 2.26. The molecule has 0 atom stereocenters. The molecule has 0 unspecified atom stereocenters. The predicted molar refractivity (Wildman–Crippen MR) is 102 cm³/mol. The van der Waals surface area contributed by atoms with Crippen molar-refractivity contribution in [1.29, 1.82) is 0 Å². The first kappa shape index (κ1) is 18.4. The van der Waals surface area contributed by atoms with Gasteiger partial charge < -0.3 is 15.6 Å². The highest BCUT2D eigenvalue weighted by molar-refractivity contribution is 5.82. The van der Waals surface area contributed by atoms with E-state index in [1.54, 1.807) is 0 Å². The lowest BCUT2D eigenvalue weighted by atomic mass is 9.88. The molecule has 0 bridgehead atoms. The SMILES string of the molecule is CC(C)(CC(N)=O)NC(=O)Cn1c(C2CCCCC2)nc2ccccc21. The Morgan fingerprint density at radius 1 is 1.23 bits per heavy atom. The molecule has 3 N–H and O–H groups in total. The molecule has 2 amide bonds. The Hall–Kier alpha value is -2.37. The van der Waals surface area contributed by atoms with Gasteiger partial charge in [0.05, 0.1) is 11.0 Å². The average molecular weight is 356 g/mol. The Labute approximate surface area is 154 Å². The van der Waals surface area contributed by atoms with Crippen molar-refractivity contribution in [3.8, 4) is 0 Å². The summed E-state index contributed by atoms with van der Waals surface area (Å²) in [7, 11) is 0. The van der Waals surface area contributed by atoms with Gasteiger partial charge in [-0.1, -0.05) is 31.4 Å². The minimum Gasteiger partial charge on any atom is -0.370 e. The zero-order valence-corrected chi connectivity index (χ0v) is 15.6. The lowest BCUT2D eigenvalue weighted by Gasteiger charge is -2.26. The van der Waals surface area contributed by atoms with Crippen LogP contribution in [-0.2, 0) is 16.1 Å². The van der Waals surface area contributed by atoms with Gasteiger partial charge >= 0.3 is 0 Å². The number of primary amides is 1. The van der Waals surface area contributed by atoms with Crippen LogP contribution in [0.4, 0.5) is 0 Å². The maximum atomic E-state index is 12.7. The number of amides is 2. The number of nitrogens with zero attached hydrogens (tertiary/aromatic N) is 2. The van der Waals surface area contributed by atoms with E-state index in [4.69, 9.17) is 10.7 Å². The molecule has 140 valence electrons. The molecule has 1 aromatic carbocycles. The second-order valence-corrected chi connectivity index (χ2v) is 7.95. The van der Waals surface area contributed by atoms with Crippen LogP contribution < -0.4 is 11.1 Å². The molecule has 1 heterocycles. The van der Waals surface area contributed by atoms with Gasteiger partial charge in [-0.15, -0.1) is 0 Å². The van der Waals surface area contributed by atoms with Crippen molar-refractivity contribution < 1.29 is 9.59 Å². The number of hydrogen-bond acceptors (Lipinski definition) is 3. The third-order valence-corrected chi connectivity index (χ3v) is 5.05. The average Bonchev–Trinajstić information content (AvgIpc) is 2.92. The van der Waals surface area contributed by atoms with Gasteiger partial charge in [-0.2, -0.15) is 0 Å². The smallest absolute Gasteiger partial charge is 0.240 e. The Balaban J connectivity index is 1.86. The van der Waals surface area contributed by atoms with Crippen molar-refractivity contribution in [1.82, 2.24) is 14.9 Å². The monoisotopic (exact) mass is 356 g/mol. The maximum absolute atomic E-state index is 12.7. The molecule has 1 aliphatic carbocycles. The first-order valence-electron chi connectivity index (χ1n) is 9.40. The Bertz CT molecular complexity index is 803. The molecule has 1 aliphatic rings. The van der Waals surface area contributed by atoms with Crippen LogP contribution in [0.25, 0.3) is 11.0 Å². The second kappa shape index (κ2) is 7.48. The van der Waals surface area contributed by atoms with E-state index in [1.165, 1.54) is 19.3 Å². The van der Waals surface area contributed by atoms with Crippen molar-refractivity contribution in [2.75, 3.05) is 0 Å². The summed E-state index contributed by atoms with van der Waals surface area (Å²) < 4.78 is 2.04. The van der Waals surface area contributed by atoms with Gasteiger partial charge in [0.2, 0.25) is 11.8 Å². The van der Waals surface area contributed by atoms with Crippen LogP contribution in [-0.4, -0.2) is 26.9 Å². The van der Waals surface area contributed by atoms with E-state index in [0.29, 0.717) is 5.92 Å². The zero-order valence-electron chi connectivity index (χ0n) is 15.6. The molecule has 2 aromatic rings. The highest BCUT2D eigenvalue weighted by atomic mass is 16.2. The summed E-state index contributed by atoms with van der Waals surface area (Å²) in [4.78, 5) is 28.7. The fraction of sp³-hybridized carbons (Fsp3) is 0.550. The van der Waals surface area contributed by atoms with Crippen molar-refractivity contribution in [2.45, 2.75) is 70.4 Å². The molecular weight excluding hydrogens is 328 g/mol. The first-order chi connectivity index (χ1) is 12.4. The number of carbonyl (C=O) groups is 2. The molecule has 0 radical (unpaired) electrons. The third-order valence-electron chi connectivity index (χ3n) is 5.05. The van der Waals surface area contributed by atoms with E-state index in [0.717, 1.165) is 29.7 Å². The van der Waals surface area contributed by atoms with Gasteiger partial charge in [0.15, 0.2) is 0 Å². The normalized spacial score (nSPS) is 15.9. The van der Waals surface area contributed by atoms with Crippen LogP contribution in [0, 0.1) is 0 Å². The fourth-order valence-electron chi connectivity index (χ4n) is 3.97. The number of aromatic nitrogens is 2. The zero-order chi connectivity index (χ0) is 18.7.